The largest absolute Gasteiger partial charge is 0.455 e. The Labute approximate surface area is 327 Å². The average molecular weight is 759 g/mol. The molecule has 11 rings (SSSR count). The third-order valence-corrected chi connectivity index (χ3v) is 16.3. The zero-order valence-electron chi connectivity index (χ0n) is 30.9. The highest BCUT2D eigenvalue weighted by atomic mass is 31.1. The molecule has 3 heterocycles. The summed E-state index contributed by atoms with van der Waals surface area (Å²) in [7, 11) is -2.21. The molecule has 1 aliphatic heterocycles. The van der Waals surface area contributed by atoms with Gasteiger partial charge in [0.25, 0.3) is 0 Å². The topological polar surface area (TPSA) is 35.5 Å². The SMILES string of the molecule is CC1(C)c2cccc([P@@](c3ccccc3)c3cccc4c3oc3ccccc34)c2Oc2c([P@@](c3ccccc3)c3cccc4c3oc3ccccc34)cccc21. The molecule has 0 fully saturated rings. The van der Waals surface area contributed by atoms with Crippen molar-refractivity contribution in [3.8, 4) is 11.5 Å². The second kappa shape index (κ2) is 13.1. The number of ether oxygens (including phenoxy) is 1. The molecule has 0 saturated heterocycles. The zero-order chi connectivity index (χ0) is 37.4. The third-order valence-electron chi connectivity index (χ3n) is 11.3. The number of fused-ring (bicyclic) bond motifs is 8. The summed E-state index contributed by atoms with van der Waals surface area (Å²) in [5.74, 6) is 1.87. The van der Waals surface area contributed by atoms with Crippen molar-refractivity contribution in [2.24, 2.45) is 0 Å². The van der Waals surface area contributed by atoms with Gasteiger partial charge in [-0.05, 0) is 38.6 Å². The fourth-order valence-electron chi connectivity index (χ4n) is 8.63. The van der Waals surface area contributed by atoms with E-state index in [1.165, 1.54) is 43.0 Å². The Balaban J connectivity index is 1.15. The van der Waals surface area contributed by atoms with Gasteiger partial charge in [-0.15, -0.1) is 0 Å². The van der Waals surface area contributed by atoms with Crippen molar-refractivity contribution in [3.05, 3.63) is 193 Å². The fourth-order valence-corrected chi connectivity index (χ4v) is 13.6. The van der Waals surface area contributed by atoms with Gasteiger partial charge < -0.3 is 13.6 Å². The first-order chi connectivity index (χ1) is 27.6. The van der Waals surface area contributed by atoms with Crippen molar-refractivity contribution >= 4 is 91.5 Å². The second-order valence-electron chi connectivity index (χ2n) is 14.9. The van der Waals surface area contributed by atoms with Crippen LogP contribution in [-0.4, -0.2) is 0 Å². The van der Waals surface area contributed by atoms with Crippen LogP contribution < -0.4 is 36.6 Å². The lowest BCUT2D eigenvalue weighted by molar-refractivity contribution is 0.425. The van der Waals surface area contributed by atoms with Crippen molar-refractivity contribution in [2.45, 2.75) is 19.3 Å². The van der Waals surface area contributed by atoms with Gasteiger partial charge in [0.1, 0.15) is 33.8 Å². The molecule has 10 aromatic rings. The van der Waals surface area contributed by atoms with Crippen LogP contribution in [0, 0.1) is 0 Å². The van der Waals surface area contributed by atoms with E-state index in [-0.39, 0.29) is 5.41 Å². The molecule has 1 aliphatic rings. The van der Waals surface area contributed by atoms with Crippen molar-refractivity contribution in [3.63, 3.8) is 0 Å². The zero-order valence-corrected chi connectivity index (χ0v) is 32.7. The summed E-state index contributed by atoms with van der Waals surface area (Å²) in [6, 6.07) is 65.2. The molecule has 0 N–H and O–H groups in total. The molecule has 268 valence electrons. The third kappa shape index (κ3) is 5.12. The molecule has 0 unspecified atom stereocenters. The van der Waals surface area contributed by atoms with E-state index in [2.05, 4.69) is 184 Å². The summed E-state index contributed by atoms with van der Waals surface area (Å²) in [6.45, 7) is 4.69. The van der Waals surface area contributed by atoms with Crippen LogP contribution in [0.4, 0.5) is 0 Å². The van der Waals surface area contributed by atoms with Gasteiger partial charge in [0.2, 0.25) is 0 Å². The van der Waals surface area contributed by atoms with E-state index in [0.29, 0.717) is 0 Å². The molecule has 0 saturated carbocycles. The molecule has 0 bridgehead atoms. The van der Waals surface area contributed by atoms with E-state index in [1.807, 2.05) is 12.1 Å². The number of rotatable bonds is 6. The Bertz CT molecular complexity index is 2900. The van der Waals surface area contributed by atoms with E-state index in [9.17, 15) is 0 Å². The van der Waals surface area contributed by atoms with Gasteiger partial charge in [0.05, 0.1) is 0 Å². The number of furan rings is 2. The average Bonchev–Trinajstić information content (AvgIpc) is 3.82. The molecule has 0 aliphatic carbocycles. The van der Waals surface area contributed by atoms with Gasteiger partial charge in [0, 0.05) is 59.3 Å². The lowest BCUT2D eigenvalue weighted by Gasteiger charge is -2.38. The summed E-state index contributed by atoms with van der Waals surface area (Å²) in [5.41, 5.74) is 5.69. The van der Waals surface area contributed by atoms with Crippen LogP contribution in [0.2, 0.25) is 0 Å². The highest BCUT2D eigenvalue weighted by Crippen LogP contribution is 2.53. The Morgan fingerprint density at radius 1 is 0.357 bits per heavy atom. The number of hydrogen-bond acceptors (Lipinski definition) is 3. The van der Waals surface area contributed by atoms with Crippen LogP contribution in [0.1, 0.15) is 25.0 Å². The summed E-state index contributed by atoms with van der Waals surface area (Å²) in [4.78, 5) is 0. The maximum atomic E-state index is 7.54. The van der Waals surface area contributed by atoms with Gasteiger partial charge in [-0.25, -0.2) is 0 Å². The lowest BCUT2D eigenvalue weighted by atomic mass is 9.76. The van der Waals surface area contributed by atoms with Crippen LogP contribution in [-0.2, 0) is 5.41 Å². The normalized spacial score (nSPS) is 14.4. The molecule has 0 amide bonds. The van der Waals surface area contributed by atoms with Gasteiger partial charge in [-0.3, -0.25) is 0 Å². The van der Waals surface area contributed by atoms with Crippen molar-refractivity contribution < 1.29 is 13.6 Å². The van der Waals surface area contributed by atoms with Crippen LogP contribution in [0.3, 0.4) is 0 Å². The predicted molar refractivity (Wildman–Crippen MR) is 237 cm³/mol. The van der Waals surface area contributed by atoms with Crippen LogP contribution >= 0.6 is 15.8 Å². The predicted octanol–water partition coefficient (Wildman–Crippen LogP) is 11.4. The van der Waals surface area contributed by atoms with Crippen molar-refractivity contribution in [1.82, 2.24) is 0 Å². The van der Waals surface area contributed by atoms with Crippen LogP contribution in [0.15, 0.2) is 191 Å². The highest BCUT2D eigenvalue weighted by Gasteiger charge is 2.40. The van der Waals surface area contributed by atoms with E-state index in [0.717, 1.165) is 55.4 Å². The van der Waals surface area contributed by atoms with E-state index in [1.54, 1.807) is 0 Å². The van der Waals surface area contributed by atoms with Crippen LogP contribution in [0.5, 0.6) is 11.5 Å². The molecular weight excluding hydrogens is 723 g/mol. The molecule has 56 heavy (non-hydrogen) atoms. The standard InChI is InChI=1S/C51H36O3P2/c1-51(2)39-25-15-31-45(55(33-17-5-3-6-18-33)43-29-13-23-37-35-21-9-11-27-41(35)52-47(37)43)49(39)54-50-40(51)26-16-32-46(50)56(34-19-7-4-8-20-34)44-30-14-24-38-36-22-10-12-28-42(36)53-48(38)44/h3-32H,1-2H3/t55-,56-/m0/s1. The summed E-state index contributed by atoms with van der Waals surface area (Å²) in [6.07, 6.45) is 0. The first-order valence-electron chi connectivity index (χ1n) is 19.0. The molecule has 3 nitrogen and oxygen atoms in total. The smallest absolute Gasteiger partial charge is 0.143 e. The van der Waals surface area contributed by atoms with Crippen molar-refractivity contribution in [2.75, 3.05) is 0 Å². The number of hydrogen-bond donors (Lipinski definition) is 0. The molecule has 5 heteroatoms. The van der Waals surface area contributed by atoms with Gasteiger partial charge >= 0.3 is 0 Å². The monoisotopic (exact) mass is 758 g/mol. The van der Waals surface area contributed by atoms with E-state index >= 15 is 0 Å². The maximum Gasteiger partial charge on any atom is 0.143 e. The van der Waals surface area contributed by atoms with Crippen LogP contribution in [0.25, 0.3) is 43.9 Å². The first-order valence-corrected chi connectivity index (χ1v) is 21.7. The molecule has 8 aromatic carbocycles. The van der Waals surface area contributed by atoms with E-state index in [4.69, 9.17) is 13.6 Å². The molecule has 0 radical (unpaired) electrons. The lowest BCUT2D eigenvalue weighted by Crippen LogP contribution is -2.33. The van der Waals surface area contributed by atoms with Crippen molar-refractivity contribution in [1.29, 1.82) is 0 Å². The summed E-state index contributed by atoms with van der Waals surface area (Å²) >= 11 is 0. The van der Waals surface area contributed by atoms with E-state index < -0.39 is 15.8 Å². The van der Waals surface area contributed by atoms with Gasteiger partial charge in [-0.2, -0.15) is 0 Å². The minimum Gasteiger partial charge on any atom is -0.455 e. The second-order valence-corrected chi connectivity index (χ2v) is 19.2. The summed E-state index contributed by atoms with van der Waals surface area (Å²) < 4.78 is 21.0. The summed E-state index contributed by atoms with van der Waals surface area (Å²) in [5, 5.41) is 11.7. The Hall–Kier alpha value is -5.98. The van der Waals surface area contributed by atoms with Gasteiger partial charge in [0.15, 0.2) is 0 Å². The quantitative estimate of drug-likeness (QED) is 0.158. The maximum absolute atomic E-state index is 7.54. The molecule has 2 aromatic heterocycles. The fraction of sp³-hybridized carbons (Fsp3) is 0.0588. The highest BCUT2D eigenvalue weighted by molar-refractivity contribution is 7.81. The minimum atomic E-state index is -1.10. The Kier molecular flexibility index (Phi) is 7.78. The first kappa shape index (κ1) is 33.4. The molecule has 0 spiro atoms. The minimum absolute atomic E-state index is 0.346. The molecule has 2 atom stereocenters. The molecular formula is C51H36O3P2. The van der Waals surface area contributed by atoms with Gasteiger partial charge in [-0.1, -0.05) is 184 Å². The number of para-hydroxylation sites is 6. The number of benzene rings is 8. The Morgan fingerprint density at radius 3 is 1.20 bits per heavy atom. The Morgan fingerprint density at radius 2 is 0.732 bits per heavy atom.